The van der Waals surface area contributed by atoms with Gasteiger partial charge in [0.2, 0.25) is 0 Å². The molecule has 0 saturated carbocycles. The molecule has 118 valence electrons. The molecule has 0 spiro atoms. The Kier molecular flexibility index (Phi) is 7.32. The molecule has 21 heavy (non-hydrogen) atoms. The van der Waals surface area contributed by atoms with Crippen molar-refractivity contribution in [1.82, 2.24) is 10.6 Å². The lowest BCUT2D eigenvalue weighted by Gasteiger charge is -2.19. The van der Waals surface area contributed by atoms with Gasteiger partial charge in [-0.05, 0) is 26.0 Å². The molecule has 0 aliphatic rings. The standard InChI is InChI=1S/C15H23ClN2O3/c1-5-6-18-9-11-7-12(16)8-13(20-4)14(11)21-10(2)15(19)17-3/h7-8,10,18H,5-6,9H2,1-4H3,(H,17,19). The van der Waals surface area contributed by atoms with Gasteiger partial charge >= 0.3 is 0 Å². The maximum absolute atomic E-state index is 11.6. The summed E-state index contributed by atoms with van der Waals surface area (Å²) >= 11 is 6.10. The minimum Gasteiger partial charge on any atom is -0.493 e. The minimum atomic E-state index is -0.616. The average molecular weight is 315 g/mol. The first-order chi connectivity index (χ1) is 10.0. The van der Waals surface area contributed by atoms with Crippen molar-refractivity contribution in [1.29, 1.82) is 0 Å². The smallest absolute Gasteiger partial charge is 0.260 e. The van der Waals surface area contributed by atoms with Crippen LogP contribution in [-0.4, -0.2) is 32.7 Å². The van der Waals surface area contributed by atoms with Gasteiger partial charge in [-0.15, -0.1) is 0 Å². The van der Waals surface area contributed by atoms with E-state index in [1.54, 1.807) is 27.1 Å². The van der Waals surface area contributed by atoms with Crippen LogP contribution >= 0.6 is 11.6 Å². The molecule has 1 atom stereocenters. The lowest BCUT2D eigenvalue weighted by atomic mass is 10.1. The molecule has 6 heteroatoms. The van der Waals surface area contributed by atoms with Crippen molar-refractivity contribution in [3.05, 3.63) is 22.7 Å². The molecule has 0 bridgehead atoms. The number of hydrogen-bond acceptors (Lipinski definition) is 4. The zero-order valence-electron chi connectivity index (χ0n) is 13.0. The van der Waals surface area contributed by atoms with Crippen LogP contribution in [0.4, 0.5) is 0 Å². The number of ether oxygens (including phenoxy) is 2. The van der Waals surface area contributed by atoms with E-state index in [1.165, 1.54) is 0 Å². The third-order valence-electron chi connectivity index (χ3n) is 2.97. The lowest BCUT2D eigenvalue weighted by Crippen LogP contribution is -2.34. The van der Waals surface area contributed by atoms with Crippen molar-refractivity contribution in [3.8, 4) is 11.5 Å². The fourth-order valence-electron chi connectivity index (χ4n) is 1.87. The molecule has 0 aromatic heterocycles. The first kappa shape index (κ1) is 17.6. The molecule has 2 N–H and O–H groups in total. The fourth-order valence-corrected chi connectivity index (χ4v) is 2.10. The number of amides is 1. The van der Waals surface area contributed by atoms with Crippen molar-refractivity contribution in [2.45, 2.75) is 32.9 Å². The summed E-state index contributed by atoms with van der Waals surface area (Å²) in [5.74, 6) is 0.868. The van der Waals surface area contributed by atoms with E-state index in [-0.39, 0.29) is 5.91 Å². The van der Waals surface area contributed by atoms with Gasteiger partial charge < -0.3 is 20.1 Å². The topological polar surface area (TPSA) is 59.6 Å². The molecule has 0 aliphatic carbocycles. The van der Waals surface area contributed by atoms with Crippen molar-refractivity contribution in [2.75, 3.05) is 20.7 Å². The summed E-state index contributed by atoms with van der Waals surface area (Å²) in [7, 11) is 3.12. The predicted octanol–water partition coefficient (Wildman–Crippen LogP) is 2.36. The second-order valence-corrected chi connectivity index (χ2v) is 5.08. The predicted molar refractivity (Wildman–Crippen MR) is 84.2 cm³/mol. The van der Waals surface area contributed by atoms with Crippen LogP contribution in [0.3, 0.4) is 0 Å². The largest absolute Gasteiger partial charge is 0.493 e. The molecule has 1 aromatic rings. The first-order valence-electron chi connectivity index (χ1n) is 6.98. The highest BCUT2D eigenvalue weighted by atomic mass is 35.5. The number of likely N-dealkylation sites (N-methyl/N-ethyl adjacent to an activating group) is 1. The Morgan fingerprint density at radius 3 is 2.71 bits per heavy atom. The number of benzene rings is 1. The molecule has 0 saturated heterocycles. The van der Waals surface area contributed by atoms with E-state index in [0.717, 1.165) is 18.5 Å². The van der Waals surface area contributed by atoms with Crippen LogP contribution in [0.15, 0.2) is 12.1 Å². The summed E-state index contributed by atoms with van der Waals surface area (Å²) in [6, 6.07) is 3.50. The zero-order chi connectivity index (χ0) is 15.8. The van der Waals surface area contributed by atoms with Gasteiger partial charge in [0.15, 0.2) is 17.6 Å². The highest BCUT2D eigenvalue weighted by molar-refractivity contribution is 6.30. The number of methoxy groups -OCH3 is 1. The van der Waals surface area contributed by atoms with E-state index < -0.39 is 6.10 Å². The zero-order valence-corrected chi connectivity index (χ0v) is 13.7. The summed E-state index contributed by atoms with van der Waals surface area (Å²) in [6.07, 6.45) is 0.415. The van der Waals surface area contributed by atoms with Crippen LogP contribution in [0.5, 0.6) is 11.5 Å². The van der Waals surface area contributed by atoms with Gasteiger partial charge in [0, 0.05) is 30.2 Å². The first-order valence-corrected chi connectivity index (χ1v) is 7.36. The molecular weight excluding hydrogens is 292 g/mol. The Balaban J connectivity index is 3.03. The lowest BCUT2D eigenvalue weighted by molar-refractivity contribution is -0.126. The monoisotopic (exact) mass is 314 g/mol. The number of hydrogen-bond donors (Lipinski definition) is 2. The highest BCUT2D eigenvalue weighted by Gasteiger charge is 2.19. The third kappa shape index (κ3) is 5.10. The average Bonchev–Trinajstić information content (AvgIpc) is 2.48. The van der Waals surface area contributed by atoms with Crippen molar-refractivity contribution in [2.24, 2.45) is 0 Å². The molecule has 1 aromatic carbocycles. The number of rotatable bonds is 8. The molecule has 1 amide bonds. The van der Waals surface area contributed by atoms with E-state index in [0.29, 0.717) is 23.1 Å². The Morgan fingerprint density at radius 1 is 1.43 bits per heavy atom. The summed E-state index contributed by atoms with van der Waals surface area (Å²) in [5, 5.41) is 6.42. The summed E-state index contributed by atoms with van der Waals surface area (Å²) in [6.45, 7) is 5.27. The Hall–Kier alpha value is -1.46. The number of carbonyl (C=O) groups is 1. The molecule has 1 unspecified atom stereocenters. The molecule has 5 nitrogen and oxygen atoms in total. The maximum Gasteiger partial charge on any atom is 0.260 e. The van der Waals surface area contributed by atoms with E-state index in [4.69, 9.17) is 21.1 Å². The molecule has 1 rings (SSSR count). The third-order valence-corrected chi connectivity index (χ3v) is 3.19. The van der Waals surface area contributed by atoms with Gasteiger partial charge in [0.05, 0.1) is 7.11 Å². The van der Waals surface area contributed by atoms with E-state index in [2.05, 4.69) is 17.6 Å². The van der Waals surface area contributed by atoms with Gasteiger partial charge in [-0.3, -0.25) is 4.79 Å². The van der Waals surface area contributed by atoms with Crippen molar-refractivity contribution >= 4 is 17.5 Å². The van der Waals surface area contributed by atoms with Gasteiger partial charge in [-0.25, -0.2) is 0 Å². The molecular formula is C15H23ClN2O3. The summed E-state index contributed by atoms with van der Waals surface area (Å²) in [4.78, 5) is 11.6. The van der Waals surface area contributed by atoms with Crippen LogP contribution < -0.4 is 20.1 Å². The van der Waals surface area contributed by atoms with Crippen LogP contribution in [0.25, 0.3) is 0 Å². The van der Waals surface area contributed by atoms with E-state index in [9.17, 15) is 4.79 Å². The van der Waals surface area contributed by atoms with Crippen LogP contribution in [0.1, 0.15) is 25.8 Å². The van der Waals surface area contributed by atoms with Crippen LogP contribution in [-0.2, 0) is 11.3 Å². The molecule has 0 fully saturated rings. The normalized spacial score (nSPS) is 11.9. The van der Waals surface area contributed by atoms with E-state index in [1.807, 2.05) is 6.07 Å². The van der Waals surface area contributed by atoms with E-state index >= 15 is 0 Å². The van der Waals surface area contributed by atoms with Crippen molar-refractivity contribution in [3.63, 3.8) is 0 Å². The molecule has 0 radical (unpaired) electrons. The quantitative estimate of drug-likeness (QED) is 0.723. The molecule has 0 aliphatic heterocycles. The van der Waals surface area contributed by atoms with Gasteiger partial charge in [-0.2, -0.15) is 0 Å². The van der Waals surface area contributed by atoms with Crippen LogP contribution in [0, 0.1) is 0 Å². The Labute approximate surface area is 131 Å². The second kappa shape index (κ2) is 8.74. The number of nitrogens with one attached hydrogen (secondary N) is 2. The Morgan fingerprint density at radius 2 is 2.14 bits per heavy atom. The summed E-state index contributed by atoms with van der Waals surface area (Å²) in [5.41, 5.74) is 0.864. The minimum absolute atomic E-state index is 0.195. The number of halogens is 1. The summed E-state index contributed by atoms with van der Waals surface area (Å²) < 4.78 is 11.1. The molecule has 0 heterocycles. The number of carbonyl (C=O) groups excluding carboxylic acids is 1. The van der Waals surface area contributed by atoms with Gasteiger partial charge in [-0.1, -0.05) is 18.5 Å². The van der Waals surface area contributed by atoms with Gasteiger partial charge in [0.25, 0.3) is 5.91 Å². The maximum atomic E-state index is 11.6. The second-order valence-electron chi connectivity index (χ2n) is 4.65. The van der Waals surface area contributed by atoms with Gasteiger partial charge in [0.1, 0.15) is 0 Å². The Bertz CT molecular complexity index is 480. The van der Waals surface area contributed by atoms with Crippen molar-refractivity contribution < 1.29 is 14.3 Å². The van der Waals surface area contributed by atoms with Crippen LogP contribution in [0.2, 0.25) is 5.02 Å². The fraction of sp³-hybridized carbons (Fsp3) is 0.533. The SMILES string of the molecule is CCCNCc1cc(Cl)cc(OC)c1OC(C)C(=O)NC. The highest BCUT2D eigenvalue weighted by Crippen LogP contribution is 2.35.